The maximum atomic E-state index is 15.4. The Kier molecular flexibility index (Phi) is 7.30. The maximum Gasteiger partial charge on any atom is 0.137 e. The second-order valence-corrected chi connectivity index (χ2v) is 12.7. The van der Waals surface area contributed by atoms with Gasteiger partial charge in [0.05, 0.1) is 41.2 Å². The van der Waals surface area contributed by atoms with Gasteiger partial charge in [0.15, 0.2) is 0 Å². The van der Waals surface area contributed by atoms with Gasteiger partial charge in [-0.2, -0.15) is 10.6 Å². The third-order valence-corrected chi connectivity index (χ3v) is 9.47. The first kappa shape index (κ1) is 26.8. The normalized spacial score (nSPS) is 18.6. The third kappa shape index (κ3) is 5.34. The van der Waals surface area contributed by atoms with Crippen LogP contribution in [0.5, 0.6) is 0 Å². The highest BCUT2D eigenvalue weighted by molar-refractivity contribution is 8.24. The summed E-state index contributed by atoms with van der Waals surface area (Å²) >= 11 is 0. The van der Waals surface area contributed by atoms with Crippen molar-refractivity contribution in [2.75, 3.05) is 48.0 Å². The minimum Gasteiger partial charge on any atom is -0.378 e. The van der Waals surface area contributed by atoms with Crippen LogP contribution >= 0.6 is 10.6 Å². The molecular weight excluding hydrogens is 536 g/mol. The highest BCUT2D eigenvalue weighted by atomic mass is 32.3. The minimum absolute atomic E-state index is 0.0413. The van der Waals surface area contributed by atoms with E-state index >= 15 is 4.39 Å². The molecule has 0 bridgehead atoms. The van der Waals surface area contributed by atoms with E-state index in [0.29, 0.717) is 73.3 Å². The van der Waals surface area contributed by atoms with Gasteiger partial charge in [-0.05, 0) is 43.4 Å². The zero-order chi connectivity index (χ0) is 27.9. The predicted molar refractivity (Wildman–Crippen MR) is 155 cm³/mol. The van der Waals surface area contributed by atoms with Crippen LogP contribution in [0.15, 0.2) is 48.8 Å². The SMILES string of the molecule is Cc1c(-c2ccccn2)nc2cc(F)cc(F)c2c1Nc1cc(N2CCOCC2)ncc1C1CCS(O)(O)CC1. The highest BCUT2D eigenvalue weighted by Crippen LogP contribution is 2.50. The lowest BCUT2D eigenvalue weighted by molar-refractivity contribution is 0.122. The van der Waals surface area contributed by atoms with E-state index in [1.165, 1.54) is 6.07 Å². The van der Waals surface area contributed by atoms with Crippen molar-refractivity contribution >= 4 is 38.7 Å². The van der Waals surface area contributed by atoms with E-state index in [4.69, 9.17) is 9.72 Å². The summed E-state index contributed by atoms with van der Waals surface area (Å²) in [5, 5.41) is 3.69. The Morgan fingerprint density at radius 2 is 1.82 bits per heavy atom. The van der Waals surface area contributed by atoms with Gasteiger partial charge in [0.2, 0.25) is 0 Å². The molecule has 210 valence electrons. The summed E-state index contributed by atoms with van der Waals surface area (Å²) in [6, 6.07) is 9.52. The zero-order valence-corrected chi connectivity index (χ0v) is 22.9. The predicted octanol–water partition coefficient (Wildman–Crippen LogP) is 6.49. The monoisotopic (exact) mass is 567 g/mol. The van der Waals surface area contributed by atoms with Crippen molar-refractivity contribution in [3.8, 4) is 11.4 Å². The fraction of sp³-hybridized carbons (Fsp3) is 0.345. The average Bonchev–Trinajstić information content (AvgIpc) is 2.95. The molecule has 0 radical (unpaired) electrons. The topological polar surface area (TPSA) is 104 Å². The molecule has 3 N–H and O–H groups in total. The number of benzene rings is 1. The lowest BCUT2D eigenvalue weighted by Crippen LogP contribution is -2.36. The number of nitrogens with one attached hydrogen (secondary N) is 1. The Labute approximate surface area is 232 Å². The van der Waals surface area contributed by atoms with Gasteiger partial charge in [0.1, 0.15) is 17.5 Å². The van der Waals surface area contributed by atoms with Crippen molar-refractivity contribution in [1.29, 1.82) is 0 Å². The van der Waals surface area contributed by atoms with Gasteiger partial charge >= 0.3 is 0 Å². The van der Waals surface area contributed by atoms with Gasteiger partial charge < -0.3 is 15.0 Å². The third-order valence-electron chi connectivity index (χ3n) is 7.70. The van der Waals surface area contributed by atoms with Gasteiger partial charge in [-0.1, -0.05) is 6.07 Å². The van der Waals surface area contributed by atoms with E-state index in [9.17, 15) is 13.5 Å². The largest absolute Gasteiger partial charge is 0.378 e. The molecule has 0 atom stereocenters. The number of hydrogen-bond donors (Lipinski definition) is 3. The average molecular weight is 568 g/mol. The number of nitrogens with zero attached hydrogens (tertiary/aromatic N) is 4. The van der Waals surface area contributed by atoms with E-state index in [1.54, 1.807) is 12.3 Å². The molecule has 40 heavy (non-hydrogen) atoms. The van der Waals surface area contributed by atoms with E-state index in [1.807, 2.05) is 31.3 Å². The molecular formula is C29H31F2N5O3S. The maximum absolute atomic E-state index is 15.4. The Morgan fingerprint density at radius 1 is 1.05 bits per heavy atom. The molecule has 2 aliphatic heterocycles. The van der Waals surface area contributed by atoms with Gasteiger partial charge in [-0.15, -0.1) is 0 Å². The first-order valence-corrected chi connectivity index (χ1v) is 15.2. The van der Waals surface area contributed by atoms with E-state index in [2.05, 4.69) is 20.2 Å². The molecule has 1 aromatic carbocycles. The molecule has 0 unspecified atom stereocenters. The smallest absolute Gasteiger partial charge is 0.137 e. The molecule has 2 fully saturated rings. The summed E-state index contributed by atoms with van der Waals surface area (Å²) in [5.41, 5.74) is 4.10. The lowest BCUT2D eigenvalue weighted by atomic mass is 9.93. The van der Waals surface area contributed by atoms with Crippen LogP contribution in [0, 0.1) is 18.6 Å². The number of aromatic nitrogens is 3. The number of pyridine rings is 3. The van der Waals surface area contributed by atoms with Crippen LogP contribution < -0.4 is 10.2 Å². The summed E-state index contributed by atoms with van der Waals surface area (Å²) in [5.74, 6) is 0.0480. The quantitative estimate of drug-likeness (QED) is 0.252. The van der Waals surface area contributed by atoms with E-state index < -0.39 is 22.2 Å². The molecule has 8 nitrogen and oxygen atoms in total. The molecule has 2 saturated heterocycles. The molecule has 6 rings (SSSR count). The van der Waals surface area contributed by atoms with Gasteiger partial charge in [0.25, 0.3) is 0 Å². The number of halogens is 2. The van der Waals surface area contributed by atoms with Crippen LogP contribution in [0.4, 0.5) is 26.0 Å². The first-order chi connectivity index (χ1) is 19.3. The van der Waals surface area contributed by atoms with Gasteiger partial charge in [0, 0.05) is 66.4 Å². The van der Waals surface area contributed by atoms with Crippen molar-refractivity contribution < 1.29 is 22.6 Å². The van der Waals surface area contributed by atoms with Gasteiger partial charge in [-0.3, -0.25) is 14.1 Å². The van der Waals surface area contributed by atoms with Crippen LogP contribution in [-0.4, -0.2) is 61.9 Å². The van der Waals surface area contributed by atoms with Crippen LogP contribution in [0.25, 0.3) is 22.3 Å². The molecule has 11 heteroatoms. The fourth-order valence-electron chi connectivity index (χ4n) is 5.52. The van der Waals surface area contributed by atoms with Gasteiger partial charge in [-0.25, -0.2) is 18.7 Å². The van der Waals surface area contributed by atoms with E-state index in [0.717, 1.165) is 23.1 Å². The molecule has 0 aliphatic carbocycles. The first-order valence-electron chi connectivity index (χ1n) is 13.3. The lowest BCUT2D eigenvalue weighted by Gasteiger charge is -2.39. The van der Waals surface area contributed by atoms with Crippen molar-refractivity contribution in [2.24, 2.45) is 0 Å². The minimum atomic E-state index is -2.57. The second-order valence-electron chi connectivity index (χ2n) is 10.3. The summed E-state index contributed by atoms with van der Waals surface area (Å²) in [4.78, 5) is 16.0. The van der Waals surface area contributed by atoms with Crippen LogP contribution in [0.2, 0.25) is 0 Å². The molecule has 2 aliphatic rings. The number of fused-ring (bicyclic) bond motifs is 1. The zero-order valence-electron chi connectivity index (χ0n) is 22.1. The Morgan fingerprint density at radius 3 is 2.55 bits per heavy atom. The Hall–Kier alpha value is -3.38. The summed E-state index contributed by atoms with van der Waals surface area (Å²) in [6.07, 6.45) is 4.70. The Bertz CT molecular complexity index is 1540. The number of hydrogen-bond acceptors (Lipinski definition) is 8. The van der Waals surface area contributed by atoms with Crippen molar-refractivity contribution in [1.82, 2.24) is 15.0 Å². The van der Waals surface area contributed by atoms with Crippen molar-refractivity contribution in [2.45, 2.75) is 25.7 Å². The van der Waals surface area contributed by atoms with Crippen LogP contribution in [0.1, 0.15) is 29.9 Å². The fourth-order valence-corrected chi connectivity index (χ4v) is 7.05. The molecule has 0 saturated carbocycles. The Balaban J connectivity index is 1.51. The number of anilines is 3. The summed E-state index contributed by atoms with van der Waals surface area (Å²) in [7, 11) is -2.57. The molecule has 3 aromatic heterocycles. The summed E-state index contributed by atoms with van der Waals surface area (Å²) < 4.78 is 55.7. The molecule has 0 spiro atoms. The van der Waals surface area contributed by atoms with Crippen molar-refractivity contribution in [3.05, 3.63) is 71.6 Å². The van der Waals surface area contributed by atoms with Crippen LogP contribution in [0.3, 0.4) is 0 Å². The number of rotatable bonds is 5. The molecule has 4 aromatic rings. The molecule has 5 heterocycles. The van der Waals surface area contributed by atoms with Crippen LogP contribution in [-0.2, 0) is 4.74 Å². The molecule has 0 amide bonds. The van der Waals surface area contributed by atoms with Crippen molar-refractivity contribution in [3.63, 3.8) is 0 Å². The second kappa shape index (κ2) is 10.9. The summed E-state index contributed by atoms with van der Waals surface area (Å²) in [6.45, 7) is 4.45. The number of ether oxygens (including phenoxy) is 1. The van der Waals surface area contributed by atoms with E-state index in [-0.39, 0.29) is 16.8 Å². The number of morpholine rings is 1. The highest BCUT2D eigenvalue weighted by Gasteiger charge is 2.28. The standard InChI is InChI=1S/C29H31F2N5O3S/c1-18-28(23-4-2-3-7-32-23)35-25-15-20(30)14-22(31)27(25)29(18)34-24-16-26(36-8-10-39-11-9-36)33-17-21(24)19-5-12-40(37,38)13-6-19/h2-4,7,14-17,19,37-38H,5-6,8-13H2,1H3,(H,33,34,35).